The number of benzene rings is 3. The molecule has 0 radical (unpaired) electrons. The molecule has 0 aliphatic rings. The monoisotopic (exact) mass is 502 g/mol. The Kier molecular flexibility index (Phi) is 8.71. The second kappa shape index (κ2) is 11.5. The molecule has 0 heterocycles. The number of para-hydroxylation sites is 3. The lowest BCUT2D eigenvalue weighted by Gasteiger charge is -2.26. The summed E-state index contributed by atoms with van der Waals surface area (Å²) in [6, 6.07) is 20.8. The fourth-order valence-corrected chi connectivity index (χ4v) is 5.58. The van der Waals surface area contributed by atoms with Crippen molar-refractivity contribution in [3.63, 3.8) is 0 Å². The van der Waals surface area contributed by atoms with Gasteiger partial charge < -0.3 is 10.1 Å². The number of sulfonamides is 1. The number of amides is 1. The zero-order valence-electron chi connectivity index (χ0n) is 18.6. The first-order valence-electron chi connectivity index (χ1n) is 10.2. The van der Waals surface area contributed by atoms with Crippen molar-refractivity contribution in [2.24, 2.45) is 0 Å². The average molecular weight is 503 g/mol. The highest BCUT2D eigenvalue weighted by molar-refractivity contribution is 7.99. The predicted molar refractivity (Wildman–Crippen MR) is 137 cm³/mol. The van der Waals surface area contributed by atoms with Gasteiger partial charge in [-0.15, -0.1) is 23.5 Å². The van der Waals surface area contributed by atoms with Crippen LogP contribution in [0.15, 0.2) is 87.5 Å². The Hall–Kier alpha value is -2.62. The lowest BCUT2D eigenvalue weighted by atomic mass is 10.3. The number of hydrogen-bond donors (Lipinski definition) is 1. The third kappa shape index (κ3) is 6.04. The molecule has 0 aliphatic carbocycles. The maximum Gasteiger partial charge on any atom is 0.264 e. The predicted octanol–water partition coefficient (Wildman–Crippen LogP) is 5.36. The molecule has 0 bridgehead atoms. The molecule has 0 unspecified atom stereocenters. The van der Waals surface area contributed by atoms with Gasteiger partial charge in [0.15, 0.2) is 0 Å². The number of hydrogen-bond acceptors (Lipinski definition) is 6. The summed E-state index contributed by atoms with van der Waals surface area (Å²) in [5.41, 5.74) is 0.941. The van der Waals surface area contributed by atoms with Crippen molar-refractivity contribution in [2.75, 3.05) is 35.3 Å². The number of carbonyl (C=O) groups excluding carboxylic acids is 1. The Morgan fingerprint density at radius 1 is 0.939 bits per heavy atom. The molecule has 1 amide bonds. The van der Waals surface area contributed by atoms with Crippen LogP contribution in [0.4, 0.5) is 11.4 Å². The molecule has 0 spiro atoms. The molecule has 9 heteroatoms. The van der Waals surface area contributed by atoms with Crippen LogP contribution in [0.1, 0.15) is 6.92 Å². The standard InChI is InChI=1S/C24H26N2O4S3/c1-4-30-22-11-7-6-10-21(22)26(33(28,29)19-15-13-18(31-2)14-16-19)17-24(27)25-20-9-5-8-12-23(20)32-3/h5-16H,4,17H2,1-3H3,(H,25,27). The molecule has 0 aromatic heterocycles. The molecule has 1 N–H and O–H groups in total. The zero-order chi connectivity index (χ0) is 23.8. The molecule has 0 aliphatic heterocycles. The van der Waals surface area contributed by atoms with Crippen LogP contribution in [0.25, 0.3) is 0 Å². The first-order chi connectivity index (χ1) is 15.9. The van der Waals surface area contributed by atoms with E-state index in [1.807, 2.05) is 37.6 Å². The quantitative estimate of drug-likeness (QED) is 0.376. The van der Waals surface area contributed by atoms with Crippen molar-refractivity contribution in [3.8, 4) is 5.75 Å². The minimum Gasteiger partial charge on any atom is -0.492 e. The van der Waals surface area contributed by atoms with Gasteiger partial charge in [0.1, 0.15) is 12.3 Å². The van der Waals surface area contributed by atoms with Crippen molar-refractivity contribution in [1.82, 2.24) is 0 Å². The molecular weight excluding hydrogens is 476 g/mol. The van der Waals surface area contributed by atoms with Crippen LogP contribution in [0.3, 0.4) is 0 Å². The third-order valence-corrected chi connectivity index (χ3v) is 8.06. The molecule has 3 aromatic rings. The molecule has 33 heavy (non-hydrogen) atoms. The summed E-state index contributed by atoms with van der Waals surface area (Å²) >= 11 is 3.02. The van der Waals surface area contributed by atoms with Gasteiger partial charge in [-0.05, 0) is 68.0 Å². The normalized spacial score (nSPS) is 11.1. The van der Waals surface area contributed by atoms with Crippen LogP contribution in [0, 0.1) is 0 Å². The van der Waals surface area contributed by atoms with Crippen molar-refractivity contribution < 1.29 is 17.9 Å². The third-order valence-electron chi connectivity index (χ3n) is 4.75. The average Bonchev–Trinajstić information content (AvgIpc) is 2.83. The van der Waals surface area contributed by atoms with E-state index in [0.29, 0.717) is 23.7 Å². The summed E-state index contributed by atoms with van der Waals surface area (Å²) in [5, 5.41) is 2.84. The van der Waals surface area contributed by atoms with Crippen LogP contribution < -0.4 is 14.4 Å². The van der Waals surface area contributed by atoms with Crippen molar-refractivity contribution in [3.05, 3.63) is 72.8 Å². The van der Waals surface area contributed by atoms with E-state index in [-0.39, 0.29) is 4.90 Å². The van der Waals surface area contributed by atoms with E-state index in [1.165, 1.54) is 23.5 Å². The van der Waals surface area contributed by atoms with Crippen LogP contribution >= 0.6 is 23.5 Å². The van der Waals surface area contributed by atoms with E-state index in [2.05, 4.69) is 5.32 Å². The number of ether oxygens (including phenoxy) is 1. The van der Waals surface area contributed by atoms with Crippen LogP contribution in [0.5, 0.6) is 5.75 Å². The van der Waals surface area contributed by atoms with Gasteiger partial charge in [-0.25, -0.2) is 8.42 Å². The molecule has 0 saturated carbocycles. The molecule has 3 aromatic carbocycles. The lowest BCUT2D eigenvalue weighted by Crippen LogP contribution is -2.38. The highest BCUT2D eigenvalue weighted by Crippen LogP contribution is 2.33. The largest absolute Gasteiger partial charge is 0.492 e. The summed E-state index contributed by atoms with van der Waals surface area (Å²) in [6.45, 7) is 1.78. The number of nitrogens with one attached hydrogen (secondary N) is 1. The number of anilines is 2. The van der Waals surface area contributed by atoms with E-state index in [0.717, 1.165) is 14.1 Å². The van der Waals surface area contributed by atoms with Gasteiger partial charge in [-0.3, -0.25) is 9.10 Å². The van der Waals surface area contributed by atoms with Gasteiger partial charge in [-0.1, -0.05) is 24.3 Å². The zero-order valence-corrected chi connectivity index (χ0v) is 21.1. The smallest absolute Gasteiger partial charge is 0.264 e. The molecule has 0 saturated heterocycles. The molecule has 0 atom stereocenters. The van der Waals surface area contributed by atoms with Crippen LogP contribution in [-0.2, 0) is 14.8 Å². The van der Waals surface area contributed by atoms with E-state index in [9.17, 15) is 13.2 Å². The van der Waals surface area contributed by atoms with E-state index >= 15 is 0 Å². The van der Waals surface area contributed by atoms with E-state index in [1.54, 1.807) is 54.6 Å². The molecule has 3 rings (SSSR count). The summed E-state index contributed by atoms with van der Waals surface area (Å²) in [6.07, 6.45) is 3.84. The summed E-state index contributed by atoms with van der Waals surface area (Å²) in [7, 11) is -4.04. The Balaban J connectivity index is 2.01. The number of carbonyl (C=O) groups is 1. The molecular formula is C24H26N2O4S3. The van der Waals surface area contributed by atoms with Crippen molar-refractivity contribution >= 4 is 50.8 Å². The highest BCUT2D eigenvalue weighted by Gasteiger charge is 2.29. The Bertz CT molecular complexity index is 1200. The molecule has 6 nitrogen and oxygen atoms in total. The van der Waals surface area contributed by atoms with Crippen LogP contribution in [-0.4, -0.2) is 40.0 Å². The van der Waals surface area contributed by atoms with E-state index < -0.39 is 22.5 Å². The van der Waals surface area contributed by atoms with Crippen molar-refractivity contribution in [2.45, 2.75) is 21.6 Å². The van der Waals surface area contributed by atoms with Gasteiger partial charge in [0.05, 0.1) is 22.9 Å². The maximum atomic E-state index is 13.7. The maximum absolute atomic E-state index is 13.7. The first-order valence-corrected chi connectivity index (χ1v) is 14.1. The Labute approximate surface area is 203 Å². The van der Waals surface area contributed by atoms with Crippen LogP contribution in [0.2, 0.25) is 0 Å². The number of nitrogens with zero attached hydrogens (tertiary/aromatic N) is 1. The van der Waals surface area contributed by atoms with Gasteiger partial charge in [-0.2, -0.15) is 0 Å². The SMILES string of the molecule is CCOc1ccccc1N(CC(=O)Nc1ccccc1SC)S(=O)(=O)c1ccc(SC)cc1. The van der Waals surface area contributed by atoms with Crippen molar-refractivity contribution in [1.29, 1.82) is 0 Å². The Morgan fingerprint density at radius 2 is 1.61 bits per heavy atom. The topological polar surface area (TPSA) is 75.7 Å². The summed E-state index contributed by atoms with van der Waals surface area (Å²) in [5.74, 6) is -0.0614. The fourth-order valence-electron chi connectivity index (χ4n) is 3.18. The van der Waals surface area contributed by atoms with Gasteiger partial charge in [0.25, 0.3) is 10.0 Å². The fraction of sp³-hybridized carbons (Fsp3) is 0.208. The van der Waals surface area contributed by atoms with Gasteiger partial charge >= 0.3 is 0 Å². The number of rotatable bonds is 10. The first kappa shape index (κ1) is 25.0. The number of thioether (sulfide) groups is 2. The van der Waals surface area contributed by atoms with E-state index in [4.69, 9.17) is 4.74 Å². The Morgan fingerprint density at radius 3 is 2.27 bits per heavy atom. The minimum absolute atomic E-state index is 0.101. The van der Waals surface area contributed by atoms with Gasteiger partial charge in [0, 0.05) is 9.79 Å². The lowest BCUT2D eigenvalue weighted by molar-refractivity contribution is -0.114. The summed E-state index contributed by atoms with van der Waals surface area (Å²) in [4.78, 5) is 15.0. The second-order valence-corrected chi connectivity index (χ2v) is 10.4. The molecule has 174 valence electrons. The summed E-state index contributed by atoms with van der Waals surface area (Å²) < 4.78 is 34.1. The molecule has 0 fully saturated rings. The highest BCUT2D eigenvalue weighted by atomic mass is 32.2. The minimum atomic E-state index is -4.04. The van der Waals surface area contributed by atoms with Gasteiger partial charge in [0.2, 0.25) is 5.91 Å². The second-order valence-electron chi connectivity index (χ2n) is 6.84.